The zero-order chi connectivity index (χ0) is 14.5. The van der Waals surface area contributed by atoms with E-state index in [0.29, 0.717) is 17.9 Å². The Kier molecular flexibility index (Phi) is 5.05. The maximum absolute atomic E-state index is 13.0. The molecule has 0 fully saturated rings. The standard InChI is InChI=1S/C13H17ClFN5/c1-2-20-13(17-8-18-20)7-11(19-16)5-9-3-4-10(15)6-12(9)14/h3-4,6,8,11,19H,2,5,7,16H2,1H3. The molecule has 5 nitrogen and oxygen atoms in total. The van der Waals surface area contributed by atoms with Gasteiger partial charge in [0.1, 0.15) is 18.0 Å². The fourth-order valence-electron chi connectivity index (χ4n) is 2.07. The zero-order valence-corrected chi connectivity index (χ0v) is 11.9. The number of benzene rings is 1. The third-order valence-electron chi connectivity index (χ3n) is 3.14. The molecule has 0 saturated heterocycles. The Balaban J connectivity index is 2.09. The van der Waals surface area contributed by atoms with Crippen molar-refractivity contribution in [3.8, 4) is 0 Å². The van der Waals surface area contributed by atoms with E-state index in [1.165, 1.54) is 18.5 Å². The number of hydrazine groups is 1. The molecule has 0 aliphatic heterocycles. The summed E-state index contributed by atoms with van der Waals surface area (Å²) >= 11 is 6.03. The first-order valence-electron chi connectivity index (χ1n) is 6.40. The molecular formula is C13H17ClFN5. The monoisotopic (exact) mass is 297 g/mol. The predicted molar refractivity (Wildman–Crippen MR) is 75.6 cm³/mol. The number of aryl methyl sites for hydroxylation is 1. The highest BCUT2D eigenvalue weighted by molar-refractivity contribution is 6.31. The summed E-state index contributed by atoms with van der Waals surface area (Å²) < 4.78 is 14.8. The summed E-state index contributed by atoms with van der Waals surface area (Å²) in [6.45, 7) is 2.75. The quantitative estimate of drug-likeness (QED) is 0.629. The summed E-state index contributed by atoms with van der Waals surface area (Å²) in [4.78, 5) is 4.22. The lowest BCUT2D eigenvalue weighted by Gasteiger charge is -2.16. The summed E-state index contributed by atoms with van der Waals surface area (Å²) in [5.74, 6) is 6.09. The number of halogens is 2. The Morgan fingerprint density at radius 2 is 2.25 bits per heavy atom. The maximum atomic E-state index is 13.0. The van der Waals surface area contributed by atoms with E-state index in [4.69, 9.17) is 17.4 Å². The molecule has 0 amide bonds. The Morgan fingerprint density at radius 3 is 2.90 bits per heavy atom. The van der Waals surface area contributed by atoms with Crippen LogP contribution < -0.4 is 11.3 Å². The van der Waals surface area contributed by atoms with Crippen LogP contribution in [0.2, 0.25) is 5.02 Å². The largest absolute Gasteiger partial charge is 0.271 e. The van der Waals surface area contributed by atoms with Gasteiger partial charge in [0.25, 0.3) is 0 Å². The number of nitrogens with two attached hydrogens (primary N) is 1. The van der Waals surface area contributed by atoms with Gasteiger partial charge in [0.05, 0.1) is 0 Å². The molecule has 3 N–H and O–H groups in total. The topological polar surface area (TPSA) is 68.8 Å². The van der Waals surface area contributed by atoms with Crippen LogP contribution in [-0.4, -0.2) is 20.8 Å². The lowest BCUT2D eigenvalue weighted by atomic mass is 10.0. The molecule has 1 atom stereocenters. The highest BCUT2D eigenvalue weighted by atomic mass is 35.5. The molecule has 0 aliphatic carbocycles. The number of hydrogen-bond acceptors (Lipinski definition) is 4. The smallest absolute Gasteiger partial charge is 0.138 e. The average Bonchev–Trinajstić information content (AvgIpc) is 2.88. The Morgan fingerprint density at radius 1 is 1.45 bits per heavy atom. The normalized spacial score (nSPS) is 12.6. The number of hydrogen-bond donors (Lipinski definition) is 2. The first kappa shape index (κ1) is 14.9. The van der Waals surface area contributed by atoms with Crippen LogP contribution in [0.15, 0.2) is 24.5 Å². The van der Waals surface area contributed by atoms with E-state index in [9.17, 15) is 4.39 Å². The van der Waals surface area contributed by atoms with Gasteiger partial charge in [-0.25, -0.2) is 9.37 Å². The van der Waals surface area contributed by atoms with Crippen LogP contribution in [0.1, 0.15) is 18.3 Å². The van der Waals surface area contributed by atoms with Crippen LogP contribution in [0.3, 0.4) is 0 Å². The summed E-state index contributed by atoms with van der Waals surface area (Å²) in [5, 5.41) is 4.52. The first-order chi connectivity index (χ1) is 9.63. The molecule has 0 bridgehead atoms. The molecule has 20 heavy (non-hydrogen) atoms. The number of rotatable bonds is 6. The van der Waals surface area contributed by atoms with Gasteiger partial charge in [-0.15, -0.1) is 0 Å². The molecule has 0 radical (unpaired) electrons. The van der Waals surface area contributed by atoms with Crippen molar-refractivity contribution in [3.63, 3.8) is 0 Å². The molecule has 2 rings (SSSR count). The van der Waals surface area contributed by atoms with E-state index in [1.54, 1.807) is 6.07 Å². The molecular weight excluding hydrogens is 281 g/mol. The Hall–Kier alpha value is -1.50. The van der Waals surface area contributed by atoms with E-state index in [0.717, 1.165) is 17.9 Å². The number of nitrogens with one attached hydrogen (secondary N) is 1. The van der Waals surface area contributed by atoms with E-state index in [-0.39, 0.29) is 11.9 Å². The van der Waals surface area contributed by atoms with Crippen LogP contribution in [0.25, 0.3) is 0 Å². The number of aromatic nitrogens is 3. The average molecular weight is 298 g/mol. The van der Waals surface area contributed by atoms with Crippen LogP contribution >= 0.6 is 11.6 Å². The van der Waals surface area contributed by atoms with E-state index < -0.39 is 0 Å². The van der Waals surface area contributed by atoms with Crippen LogP contribution in [0.4, 0.5) is 4.39 Å². The first-order valence-corrected chi connectivity index (χ1v) is 6.78. The zero-order valence-electron chi connectivity index (χ0n) is 11.2. The molecule has 7 heteroatoms. The highest BCUT2D eigenvalue weighted by Gasteiger charge is 2.14. The third kappa shape index (κ3) is 3.53. The summed E-state index contributed by atoms with van der Waals surface area (Å²) in [6, 6.07) is 4.32. The second-order valence-corrected chi connectivity index (χ2v) is 4.91. The van der Waals surface area contributed by atoms with E-state index in [2.05, 4.69) is 15.5 Å². The van der Waals surface area contributed by atoms with Crippen molar-refractivity contribution in [1.29, 1.82) is 0 Å². The van der Waals surface area contributed by atoms with Crippen molar-refractivity contribution in [2.45, 2.75) is 32.4 Å². The van der Waals surface area contributed by atoms with E-state index in [1.807, 2.05) is 11.6 Å². The van der Waals surface area contributed by atoms with Crippen LogP contribution in [0, 0.1) is 5.82 Å². The van der Waals surface area contributed by atoms with Crippen LogP contribution in [-0.2, 0) is 19.4 Å². The van der Waals surface area contributed by atoms with Crippen molar-refractivity contribution < 1.29 is 4.39 Å². The summed E-state index contributed by atoms with van der Waals surface area (Å²) in [5.41, 5.74) is 3.59. The molecule has 1 aromatic carbocycles. The minimum Gasteiger partial charge on any atom is -0.271 e. The van der Waals surface area contributed by atoms with Crippen molar-refractivity contribution in [1.82, 2.24) is 20.2 Å². The predicted octanol–water partition coefficient (Wildman–Crippen LogP) is 1.71. The van der Waals surface area contributed by atoms with Gasteiger partial charge in [-0.1, -0.05) is 17.7 Å². The van der Waals surface area contributed by atoms with Gasteiger partial charge in [-0.2, -0.15) is 5.10 Å². The minimum atomic E-state index is -0.346. The third-order valence-corrected chi connectivity index (χ3v) is 3.49. The molecule has 108 valence electrons. The molecule has 2 aromatic rings. The molecule has 1 aromatic heterocycles. The maximum Gasteiger partial charge on any atom is 0.138 e. The molecule has 0 aliphatic rings. The fourth-order valence-corrected chi connectivity index (χ4v) is 2.32. The molecule has 0 saturated carbocycles. The highest BCUT2D eigenvalue weighted by Crippen LogP contribution is 2.19. The van der Waals surface area contributed by atoms with Crippen molar-refractivity contribution in [2.75, 3.05) is 0 Å². The Labute approximate surface area is 121 Å². The van der Waals surface area contributed by atoms with Gasteiger partial charge in [-0.3, -0.25) is 16.0 Å². The van der Waals surface area contributed by atoms with Gasteiger partial charge >= 0.3 is 0 Å². The summed E-state index contributed by atoms with van der Waals surface area (Å²) in [6.07, 6.45) is 2.74. The van der Waals surface area contributed by atoms with Gasteiger partial charge < -0.3 is 0 Å². The van der Waals surface area contributed by atoms with Gasteiger partial charge in [0.15, 0.2) is 0 Å². The second kappa shape index (κ2) is 6.78. The van der Waals surface area contributed by atoms with Crippen molar-refractivity contribution in [2.24, 2.45) is 5.84 Å². The fraction of sp³-hybridized carbons (Fsp3) is 0.385. The molecule has 1 unspecified atom stereocenters. The van der Waals surface area contributed by atoms with Gasteiger partial charge in [0, 0.05) is 24.0 Å². The number of nitrogens with zero attached hydrogens (tertiary/aromatic N) is 3. The second-order valence-electron chi connectivity index (χ2n) is 4.50. The SMILES string of the molecule is CCn1ncnc1CC(Cc1ccc(F)cc1Cl)NN. The summed E-state index contributed by atoms with van der Waals surface area (Å²) in [7, 11) is 0. The van der Waals surface area contributed by atoms with E-state index >= 15 is 0 Å². The van der Waals surface area contributed by atoms with Gasteiger partial charge in [0.2, 0.25) is 0 Å². The molecule has 1 heterocycles. The van der Waals surface area contributed by atoms with Crippen molar-refractivity contribution >= 4 is 11.6 Å². The van der Waals surface area contributed by atoms with Crippen molar-refractivity contribution in [3.05, 3.63) is 46.8 Å². The lowest BCUT2D eigenvalue weighted by molar-refractivity contribution is 0.489. The van der Waals surface area contributed by atoms with Crippen LogP contribution in [0.5, 0.6) is 0 Å². The Bertz CT molecular complexity index is 572. The van der Waals surface area contributed by atoms with Gasteiger partial charge in [-0.05, 0) is 31.0 Å². The minimum absolute atomic E-state index is 0.0486. The molecule has 0 spiro atoms. The lowest BCUT2D eigenvalue weighted by Crippen LogP contribution is -2.39.